The molecule has 0 bridgehead atoms. The molecule has 1 aliphatic heterocycles. The maximum Gasteiger partial charge on any atom is 0.410 e. The molecule has 0 unspecified atom stereocenters. The fourth-order valence-electron chi connectivity index (χ4n) is 3.13. The second kappa shape index (κ2) is 11.2. The molecule has 1 aliphatic rings. The lowest BCUT2D eigenvalue weighted by Crippen LogP contribution is -2.50. The molecule has 2 rings (SSSR count). The molecule has 0 aliphatic carbocycles. The van der Waals surface area contributed by atoms with Crippen molar-refractivity contribution in [2.24, 2.45) is 0 Å². The van der Waals surface area contributed by atoms with Crippen LogP contribution in [0.15, 0.2) is 30.3 Å². The summed E-state index contributed by atoms with van der Waals surface area (Å²) in [4.78, 5) is 30.2. The Bertz CT molecular complexity index is 637. The van der Waals surface area contributed by atoms with Gasteiger partial charge in [0.15, 0.2) is 0 Å². The molecule has 29 heavy (non-hydrogen) atoms. The first-order chi connectivity index (χ1) is 13.7. The zero-order chi connectivity index (χ0) is 21.3. The zero-order valence-corrected chi connectivity index (χ0v) is 18.2. The summed E-state index contributed by atoms with van der Waals surface area (Å²) in [5, 5.41) is 0. The first kappa shape index (κ1) is 23.2. The van der Waals surface area contributed by atoms with Crippen LogP contribution < -0.4 is 0 Å². The first-order valence-electron chi connectivity index (χ1n) is 10.3. The van der Waals surface area contributed by atoms with Crippen molar-refractivity contribution >= 4 is 12.1 Å². The number of amides is 1. The molecule has 7 nitrogen and oxygen atoms in total. The van der Waals surface area contributed by atoms with Crippen molar-refractivity contribution in [3.8, 4) is 0 Å². The average molecular weight is 406 g/mol. The number of esters is 1. The molecule has 1 aromatic rings. The number of carbonyl (C=O) groups is 2. The summed E-state index contributed by atoms with van der Waals surface area (Å²) in [6.45, 7) is 11.1. The van der Waals surface area contributed by atoms with Crippen molar-refractivity contribution in [2.45, 2.75) is 39.4 Å². The van der Waals surface area contributed by atoms with Crippen molar-refractivity contribution in [1.82, 2.24) is 14.7 Å². The summed E-state index contributed by atoms with van der Waals surface area (Å²) in [7, 11) is 1.93. The summed E-state index contributed by atoms with van der Waals surface area (Å²) in [5.74, 6) is -0.206. The summed E-state index contributed by atoms with van der Waals surface area (Å²) in [6.07, 6.45) is 0.737. The van der Waals surface area contributed by atoms with Crippen LogP contribution in [0.25, 0.3) is 0 Å². The Kier molecular flexibility index (Phi) is 8.92. The first-order valence-corrected chi connectivity index (χ1v) is 10.3. The molecule has 0 saturated carbocycles. The Hall–Kier alpha value is -2.12. The summed E-state index contributed by atoms with van der Waals surface area (Å²) in [6, 6.07) is 9.70. The van der Waals surface area contributed by atoms with E-state index in [1.54, 1.807) is 4.90 Å². The Labute approximate surface area is 174 Å². The lowest BCUT2D eigenvalue weighted by atomic mass is 10.2. The van der Waals surface area contributed by atoms with Gasteiger partial charge in [-0.05, 0) is 52.9 Å². The van der Waals surface area contributed by atoms with E-state index < -0.39 is 5.60 Å². The van der Waals surface area contributed by atoms with Crippen LogP contribution in [0.5, 0.6) is 0 Å². The highest BCUT2D eigenvalue weighted by Gasteiger charge is 2.25. The van der Waals surface area contributed by atoms with Crippen molar-refractivity contribution < 1.29 is 19.1 Å². The third kappa shape index (κ3) is 9.28. The van der Waals surface area contributed by atoms with Gasteiger partial charge in [0.05, 0.1) is 6.54 Å². The third-order valence-corrected chi connectivity index (χ3v) is 4.68. The quantitative estimate of drug-likeness (QED) is 0.620. The van der Waals surface area contributed by atoms with Crippen LogP contribution in [0.1, 0.15) is 32.8 Å². The highest BCUT2D eigenvalue weighted by molar-refractivity contribution is 5.71. The van der Waals surface area contributed by atoms with Gasteiger partial charge in [0.2, 0.25) is 0 Å². The normalized spacial score (nSPS) is 15.4. The van der Waals surface area contributed by atoms with Gasteiger partial charge in [-0.1, -0.05) is 30.3 Å². The molecule has 0 radical (unpaired) electrons. The molecule has 162 valence electrons. The van der Waals surface area contributed by atoms with Gasteiger partial charge in [0.1, 0.15) is 12.2 Å². The number of nitrogens with zero attached hydrogens (tertiary/aromatic N) is 3. The molecule has 1 fully saturated rings. The fraction of sp³-hybridized carbons (Fsp3) is 0.636. The van der Waals surface area contributed by atoms with E-state index in [1.165, 1.54) is 0 Å². The molecule has 0 spiro atoms. The molecule has 1 aromatic carbocycles. The maximum absolute atomic E-state index is 12.1. The number of ether oxygens (including phenoxy) is 2. The maximum atomic E-state index is 12.1. The van der Waals surface area contributed by atoms with Crippen LogP contribution in [0, 0.1) is 0 Å². The van der Waals surface area contributed by atoms with Gasteiger partial charge in [-0.2, -0.15) is 0 Å². The standard InChI is InChI=1S/C22H35N3O4/c1-22(2,3)29-21(27)25-15-13-24(14-16-25)12-8-11-23(4)17-20(26)28-18-19-9-6-5-7-10-19/h5-7,9-10H,8,11-18H2,1-4H3. The number of hydrogen-bond donors (Lipinski definition) is 0. The Morgan fingerprint density at radius 1 is 1.07 bits per heavy atom. The monoisotopic (exact) mass is 405 g/mol. The molecule has 7 heteroatoms. The number of hydrogen-bond acceptors (Lipinski definition) is 6. The van der Waals surface area contributed by atoms with Crippen molar-refractivity contribution in [3.63, 3.8) is 0 Å². The smallest absolute Gasteiger partial charge is 0.410 e. The van der Waals surface area contributed by atoms with E-state index in [0.717, 1.165) is 38.2 Å². The number of rotatable bonds is 8. The Morgan fingerprint density at radius 3 is 2.34 bits per heavy atom. The Balaban J connectivity index is 1.56. The third-order valence-electron chi connectivity index (χ3n) is 4.68. The zero-order valence-electron chi connectivity index (χ0n) is 18.2. The van der Waals surface area contributed by atoms with Gasteiger partial charge < -0.3 is 14.4 Å². The van der Waals surface area contributed by atoms with Gasteiger partial charge >= 0.3 is 12.1 Å². The second-order valence-corrected chi connectivity index (χ2v) is 8.55. The van der Waals surface area contributed by atoms with E-state index in [0.29, 0.717) is 26.2 Å². The molecular weight excluding hydrogens is 370 g/mol. The molecule has 1 saturated heterocycles. The summed E-state index contributed by atoms with van der Waals surface area (Å²) < 4.78 is 10.8. The van der Waals surface area contributed by atoms with Crippen LogP contribution in [-0.4, -0.2) is 85.2 Å². The van der Waals surface area contributed by atoms with Crippen LogP contribution in [0.2, 0.25) is 0 Å². The van der Waals surface area contributed by atoms with Crippen LogP contribution >= 0.6 is 0 Å². The van der Waals surface area contributed by atoms with E-state index in [-0.39, 0.29) is 12.1 Å². The number of benzene rings is 1. The summed E-state index contributed by atoms with van der Waals surface area (Å²) in [5.41, 5.74) is 0.537. The number of carbonyl (C=O) groups excluding carboxylic acids is 2. The van der Waals surface area contributed by atoms with Crippen LogP contribution in [-0.2, 0) is 20.9 Å². The van der Waals surface area contributed by atoms with E-state index in [4.69, 9.17) is 9.47 Å². The minimum Gasteiger partial charge on any atom is -0.460 e. The topological polar surface area (TPSA) is 62.3 Å². The van der Waals surface area contributed by atoms with Gasteiger partial charge in [-0.25, -0.2) is 4.79 Å². The highest BCUT2D eigenvalue weighted by Crippen LogP contribution is 2.12. The van der Waals surface area contributed by atoms with Crippen molar-refractivity contribution in [2.75, 3.05) is 52.9 Å². The highest BCUT2D eigenvalue weighted by atomic mass is 16.6. The molecule has 0 aromatic heterocycles. The van der Waals surface area contributed by atoms with E-state index in [2.05, 4.69) is 4.90 Å². The fourth-order valence-corrected chi connectivity index (χ4v) is 3.13. The summed E-state index contributed by atoms with van der Waals surface area (Å²) >= 11 is 0. The lowest BCUT2D eigenvalue weighted by molar-refractivity contribution is -0.145. The Morgan fingerprint density at radius 2 is 1.72 bits per heavy atom. The second-order valence-electron chi connectivity index (χ2n) is 8.55. The molecule has 0 N–H and O–H groups in total. The van der Waals surface area contributed by atoms with Gasteiger partial charge in [-0.15, -0.1) is 0 Å². The SMILES string of the molecule is CN(CCCN1CCN(C(=O)OC(C)(C)C)CC1)CC(=O)OCc1ccccc1. The van der Waals surface area contributed by atoms with Crippen LogP contribution in [0.4, 0.5) is 4.79 Å². The van der Waals surface area contributed by atoms with Gasteiger partial charge in [0, 0.05) is 26.2 Å². The molecular formula is C22H35N3O4. The molecule has 1 amide bonds. The molecule has 0 atom stereocenters. The minimum atomic E-state index is -0.457. The van der Waals surface area contributed by atoms with Gasteiger partial charge in [-0.3, -0.25) is 14.6 Å². The predicted octanol–water partition coefficient (Wildman–Crippen LogP) is 2.60. The predicted molar refractivity (Wildman–Crippen MR) is 113 cm³/mol. The van der Waals surface area contributed by atoms with E-state index in [1.807, 2.05) is 63.1 Å². The van der Waals surface area contributed by atoms with Crippen molar-refractivity contribution in [1.29, 1.82) is 0 Å². The van der Waals surface area contributed by atoms with E-state index in [9.17, 15) is 9.59 Å². The van der Waals surface area contributed by atoms with Gasteiger partial charge in [0.25, 0.3) is 0 Å². The largest absolute Gasteiger partial charge is 0.460 e. The van der Waals surface area contributed by atoms with E-state index >= 15 is 0 Å². The molecule has 1 heterocycles. The lowest BCUT2D eigenvalue weighted by Gasteiger charge is -2.35. The van der Waals surface area contributed by atoms with Crippen molar-refractivity contribution in [3.05, 3.63) is 35.9 Å². The minimum absolute atomic E-state index is 0.206. The number of piperazine rings is 1. The average Bonchev–Trinajstić information content (AvgIpc) is 2.66. The number of likely N-dealkylation sites (N-methyl/N-ethyl adjacent to an activating group) is 1. The van der Waals surface area contributed by atoms with Crippen LogP contribution in [0.3, 0.4) is 0 Å².